The second-order valence-electron chi connectivity index (χ2n) is 5.54. The van der Waals surface area contributed by atoms with Crippen molar-refractivity contribution in [2.45, 2.75) is 45.4 Å². The van der Waals surface area contributed by atoms with Crippen LogP contribution in [0.3, 0.4) is 0 Å². The topological polar surface area (TPSA) is 69.6 Å². The Morgan fingerprint density at radius 3 is 2.50 bits per heavy atom. The predicted octanol–water partition coefficient (Wildman–Crippen LogP) is 2.63. The zero-order valence-corrected chi connectivity index (χ0v) is 12.4. The van der Waals surface area contributed by atoms with Crippen LogP contribution in [0.5, 0.6) is 0 Å². The molecule has 0 radical (unpaired) electrons. The third kappa shape index (κ3) is 4.25. The van der Waals surface area contributed by atoms with E-state index in [0.717, 1.165) is 25.7 Å². The number of hydrogen-bond acceptors (Lipinski definition) is 2. The lowest BCUT2D eigenvalue weighted by atomic mass is 9.74. The highest BCUT2D eigenvalue weighted by molar-refractivity contribution is 5.78. The van der Waals surface area contributed by atoms with Crippen LogP contribution in [0.2, 0.25) is 0 Å². The highest BCUT2D eigenvalue weighted by Gasteiger charge is 2.40. The van der Waals surface area contributed by atoms with Gasteiger partial charge in [0.05, 0.1) is 5.41 Å². The summed E-state index contributed by atoms with van der Waals surface area (Å²) in [4.78, 5) is 25.3. The maximum atomic E-state index is 12.1. The lowest BCUT2D eigenvalue weighted by Crippen LogP contribution is -2.48. The summed E-state index contributed by atoms with van der Waals surface area (Å²) in [5, 5.41) is 12.3. The number of carbonyl (C=O) groups excluding carboxylic acids is 1. The first-order chi connectivity index (χ1) is 9.55. The molecule has 0 unspecified atom stereocenters. The van der Waals surface area contributed by atoms with Crippen LogP contribution in [0.4, 0.5) is 4.79 Å². The SMILES string of the molecule is C=CCN(CCC)C(=O)NCC1(C(=O)O)CCCCC1. The molecule has 1 rings (SSSR count). The van der Waals surface area contributed by atoms with E-state index in [0.29, 0.717) is 25.9 Å². The number of nitrogens with zero attached hydrogens (tertiary/aromatic N) is 1. The molecule has 20 heavy (non-hydrogen) atoms. The molecule has 0 aromatic carbocycles. The lowest BCUT2D eigenvalue weighted by molar-refractivity contribution is -0.150. The molecule has 1 aliphatic carbocycles. The minimum absolute atomic E-state index is 0.196. The molecule has 2 N–H and O–H groups in total. The number of amides is 2. The number of rotatable bonds is 7. The number of carbonyl (C=O) groups is 2. The summed E-state index contributed by atoms with van der Waals surface area (Å²) in [5.74, 6) is -0.789. The zero-order valence-electron chi connectivity index (χ0n) is 12.4. The van der Waals surface area contributed by atoms with Crippen LogP contribution in [-0.2, 0) is 4.79 Å². The molecule has 1 fully saturated rings. The van der Waals surface area contributed by atoms with E-state index in [2.05, 4.69) is 11.9 Å². The molecule has 0 spiro atoms. The van der Waals surface area contributed by atoms with Crippen LogP contribution in [0, 0.1) is 5.41 Å². The molecule has 1 aliphatic rings. The summed E-state index contributed by atoms with van der Waals surface area (Å²) >= 11 is 0. The largest absolute Gasteiger partial charge is 0.481 e. The fraction of sp³-hybridized carbons (Fsp3) is 0.733. The average molecular weight is 282 g/mol. The molecule has 0 saturated heterocycles. The fourth-order valence-electron chi connectivity index (χ4n) is 2.75. The number of urea groups is 1. The highest BCUT2D eigenvalue weighted by atomic mass is 16.4. The van der Waals surface area contributed by atoms with Gasteiger partial charge in [-0.1, -0.05) is 32.3 Å². The maximum Gasteiger partial charge on any atom is 0.317 e. The Hall–Kier alpha value is -1.52. The first-order valence-electron chi connectivity index (χ1n) is 7.43. The molecule has 5 nitrogen and oxygen atoms in total. The van der Waals surface area contributed by atoms with Crippen LogP contribution >= 0.6 is 0 Å². The Bertz CT molecular complexity index is 349. The minimum Gasteiger partial charge on any atom is -0.481 e. The van der Waals surface area contributed by atoms with Crippen molar-refractivity contribution in [1.82, 2.24) is 10.2 Å². The van der Waals surface area contributed by atoms with Crippen molar-refractivity contribution in [2.75, 3.05) is 19.6 Å². The van der Waals surface area contributed by atoms with Crippen LogP contribution in [-0.4, -0.2) is 41.6 Å². The van der Waals surface area contributed by atoms with E-state index < -0.39 is 11.4 Å². The first-order valence-corrected chi connectivity index (χ1v) is 7.43. The van der Waals surface area contributed by atoms with Gasteiger partial charge in [-0.15, -0.1) is 6.58 Å². The normalized spacial score (nSPS) is 17.2. The molecular weight excluding hydrogens is 256 g/mol. The molecule has 0 aliphatic heterocycles. The molecule has 0 aromatic rings. The van der Waals surface area contributed by atoms with Crippen LogP contribution in [0.25, 0.3) is 0 Å². The van der Waals surface area contributed by atoms with Gasteiger partial charge in [-0.05, 0) is 19.3 Å². The van der Waals surface area contributed by atoms with Gasteiger partial charge in [0.25, 0.3) is 0 Å². The molecule has 0 atom stereocenters. The number of aliphatic carboxylic acids is 1. The number of carboxylic acid groups (broad SMARTS) is 1. The molecule has 0 heterocycles. The highest BCUT2D eigenvalue weighted by Crippen LogP contribution is 2.36. The van der Waals surface area contributed by atoms with Crippen LogP contribution in [0.15, 0.2) is 12.7 Å². The van der Waals surface area contributed by atoms with Gasteiger partial charge in [0, 0.05) is 19.6 Å². The Morgan fingerprint density at radius 2 is 2.00 bits per heavy atom. The molecule has 114 valence electrons. The van der Waals surface area contributed by atoms with Gasteiger partial charge in [0.15, 0.2) is 0 Å². The van der Waals surface area contributed by atoms with Crippen molar-refractivity contribution in [1.29, 1.82) is 0 Å². The van der Waals surface area contributed by atoms with E-state index in [1.54, 1.807) is 11.0 Å². The van der Waals surface area contributed by atoms with Gasteiger partial charge >= 0.3 is 12.0 Å². The second kappa shape index (κ2) is 7.92. The van der Waals surface area contributed by atoms with E-state index in [-0.39, 0.29) is 12.6 Å². The summed E-state index contributed by atoms with van der Waals surface area (Å²) in [6, 6.07) is -0.196. The van der Waals surface area contributed by atoms with Crippen molar-refractivity contribution in [3.8, 4) is 0 Å². The van der Waals surface area contributed by atoms with E-state index in [1.165, 1.54) is 0 Å². The van der Waals surface area contributed by atoms with Gasteiger partial charge in [-0.2, -0.15) is 0 Å². The number of carboxylic acids is 1. The Kier molecular flexibility index (Phi) is 6.55. The average Bonchev–Trinajstić information content (AvgIpc) is 2.45. The van der Waals surface area contributed by atoms with Crippen molar-refractivity contribution in [3.05, 3.63) is 12.7 Å². The van der Waals surface area contributed by atoms with Gasteiger partial charge in [-0.25, -0.2) is 4.79 Å². The van der Waals surface area contributed by atoms with Crippen molar-refractivity contribution in [2.24, 2.45) is 5.41 Å². The molecular formula is C15H26N2O3. The Morgan fingerprint density at radius 1 is 1.35 bits per heavy atom. The standard InChI is InChI=1S/C15H26N2O3/c1-3-10-17(11-4-2)14(20)16-12-15(13(18)19)8-6-5-7-9-15/h3H,1,4-12H2,2H3,(H,16,20)(H,18,19). The van der Waals surface area contributed by atoms with E-state index in [9.17, 15) is 14.7 Å². The molecule has 0 bridgehead atoms. The summed E-state index contributed by atoms with van der Waals surface area (Å²) in [6.45, 7) is 7.00. The maximum absolute atomic E-state index is 12.1. The van der Waals surface area contributed by atoms with Crippen molar-refractivity contribution < 1.29 is 14.7 Å². The number of nitrogens with one attached hydrogen (secondary N) is 1. The van der Waals surface area contributed by atoms with Crippen molar-refractivity contribution in [3.63, 3.8) is 0 Å². The monoisotopic (exact) mass is 282 g/mol. The molecule has 2 amide bonds. The van der Waals surface area contributed by atoms with E-state index in [4.69, 9.17) is 0 Å². The Balaban J connectivity index is 2.59. The van der Waals surface area contributed by atoms with Gasteiger partial charge in [0.2, 0.25) is 0 Å². The summed E-state index contributed by atoms with van der Waals surface area (Å²) in [5.41, 5.74) is -0.778. The van der Waals surface area contributed by atoms with E-state index in [1.807, 2.05) is 6.92 Å². The second-order valence-corrected chi connectivity index (χ2v) is 5.54. The molecule has 1 saturated carbocycles. The third-order valence-electron chi connectivity index (χ3n) is 3.97. The lowest BCUT2D eigenvalue weighted by Gasteiger charge is -2.34. The van der Waals surface area contributed by atoms with Crippen LogP contribution < -0.4 is 5.32 Å². The zero-order chi connectivity index (χ0) is 15.0. The van der Waals surface area contributed by atoms with Crippen molar-refractivity contribution >= 4 is 12.0 Å². The van der Waals surface area contributed by atoms with Gasteiger partial charge < -0.3 is 15.3 Å². The minimum atomic E-state index is -0.789. The van der Waals surface area contributed by atoms with E-state index >= 15 is 0 Å². The first kappa shape index (κ1) is 16.5. The molecule has 5 heteroatoms. The van der Waals surface area contributed by atoms with Gasteiger partial charge in [-0.3, -0.25) is 4.79 Å². The van der Waals surface area contributed by atoms with Crippen LogP contribution in [0.1, 0.15) is 45.4 Å². The summed E-state index contributed by atoms with van der Waals surface area (Å²) in [7, 11) is 0. The quantitative estimate of drug-likeness (QED) is 0.705. The molecule has 0 aromatic heterocycles. The van der Waals surface area contributed by atoms with Gasteiger partial charge in [0.1, 0.15) is 0 Å². The number of hydrogen-bond donors (Lipinski definition) is 2. The fourth-order valence-corrected chi connectivity index (χ4v) is 2.75. The Labute approximate surface area is 121 Å². The predicted molar refractivity (Wildman–Crippen MR) is 78.6 cm³/mol. The summed E-state index contributed by atoms with van der Waals surface area (Å²) < 4.78 is 0. The smallest absolute Gasteiger partial charge is 0.317 e. The summed E-state index contributed by atoms with van der Waals surface area (Å²) in [6.07, 6.45) is 6.78. The third-order valence-corrected chi connectivity index (χ3v) is 3.97.